The van der Waals surface area contributed by atoms with Crippen LogP contribution in [-0.4, -0.2) is 89.2 Å². The second-order valence-corrected chi connectivity index (χ2v) is 21.6. The molecule has 0 aliphatic carbocycles. The Morgan fingerprint density at radius 3 is 0.492 bits per heavy atom. The van der Waals surface area contributed by atoms with Gasteiger partial charge in [-0.15, -0.1) is 0 Å². The Bertz CT molecular complexity index is 845. The molecule has 0 saturated carbocycles. The normalized spacial score (nSPS) is 10.2. The standard InChI is InChI=1S/4C13H27NS2.Mo/c4*1-3-5-7-8-9-10-12-14(13(15)16)11-6-4-2;/h4*3-12H2,1-2H3,(H,15,16);/q;;;;+4/p-4. The largest absolute Gasteiger partial charge is 4.00 e. The van der Waals surface area contributed by atoms with Crippen molar-refractivity contribution in [3.05, 3.63) is 0 Å². The maximum Gasteiger partial charge on any atom is 4.00 e. The summed E-state index contributed by atoms with van der Waals surface area (Å²) < 4.78 is 2.62. The Morgan fingerprint density at radius 2 is 0.354 bits per heavy atom. The molecule has 0 aromatic rings. The minimum absolute atomic E-state index is 0. The van der Waals surface area contributed by atoms with Gasteiger partial charge in [-0.3, -0.25) is 0 Å². The third-order valence-corrected chi connectivity index (χ3v) is 13.4. The average molecular weight is 1140 g/mol. The summed E-state index contributed by atoms with van der Waals surface area (Å²) in [6.45, 7) is 26.3. The van der Waals surface area contributed by atoms with Gasteiger partial charge in [0.25, 0.3) is 0 Å². The zero-order chi connectivity index (χ0) is 48.9. The second kappa shape index (κ2) is 63.1. The second-order valence-electron chi connectivity index (χ2n) is 17.5. The van der Waals surface area contributed by atoms with Crippen LogP contribution in [0.5, 0.6) is 0 Å². The van der Waals surface area contributed by atoms with Crippen LogP contribution in [0.4, 0.5) is 0 Å². The maximum absolute atomic E-state index is 5.09. The van der Waals surface area contributed by atoms with Crippen molar-refractivity contribution in [2.24, 2.45) is 0 Å². The van der Waals surface area contributed by atoms with E-state index in [0.29, 0.717) is 17.3 Å². The molecule has 13 heteroatoms. The molecule has 0 radical (unpaired) electrons. The van der Waals surface area contributed by atoms with E-state index in [2.05, 4.69) is 75.0 Å². The molecule has 4 nitrogen and oxygen atoms in total. The first-order valence-electron chi connectivity index (χ1n) is 26.7. The van der Waals surface area contributed by atoms with Crippen molar-refractivity contribution in [3.8, 4) is 0 Å². The van der Waals surface area contributed by atoms with Crippen LogP contribution in [0, 0.1) is 0 Å². The van der Waals surface area contributed by atoms with Crippen molar-refractivity contribution < 1.29 is 21.1 Å². The topological polar surface area (TPSA) is 13.0 Å². The molecule has 0 N–H and O–H groups in total. The smallest absolute Gasteiger partial charge is 0.411 e. The molecule has 0 aromatic heterocycles. The predicted molar refractivity (Wildman–Crippen MR) is 319 cm³/mol. The van der Waals surface area contributed by atoms with Gasteiger partial charge in [0, 0.05) is 52.4 Å². The quantitative estimate of drug-likeness (QED) is 0.0251. The first kappa shape index (κ1) is 75.1. The van der Waals surface area contributed by atoms with Gasteiger partial charge in [-0.25, -0.2) is 0 Å². The van der Waals surface area contributed by atoms with Crippen LogP contribution in [0.15, 0.2) is 0 Å². The summed E-state index contributed by atoms with van der Waals surface area (Å²) >= 11 is 40.7. The average Bonchev–Trinajstić information content (AvgIpc) is 3.27. The van der Waals surface area contributed by atoms with Gasteiger partial charge in [0.15, 0.2) is 0 Å². The zero-order valence-electron chi connectivity index (χ0n) is 43.7. The van der Waals surface area contributed by atoms with Crippen LogP contribution in [0.25, 0.3) is 0 Å². The molecule has 0 bridgehead atoms. The summed E-state index contributed by atoms with van der Waals surface area (Å²) in [7, 11) is 0. The fraction of sp³-hybridized carbons (Fsp3) is 0.923. The van der Waals surface area contributed by atoms with Gasteiger partial charge >= 0.3 is 21.1 Å². The van der Waals surface area contributed by atoms with E-state index in [4.69, 9.17) is 99.4 Å². The van der Waals surface area contributed by atoms with Crippen LogP contribution < -0.4 is 0 Å². The summed E-state index contributed by atoms with van der Waals surface area (Å²) in [5.41, 5.74) is 0. The van der Waals surface area contributed by atoms with E-state index in [1.807, 2.05) is 0 Å². The van der Waals surface area contributed by atoms with E-state index in [1.54, 1.807) is 0 Å². The van der Waals surface area contributed by atoms with E-state index >= 15 is 0 Å². The number of hydrogen-bond acceptors (Lipinski definition) is 8. The third-order valence-electron chi connectivity index (χ3n) is 11.3. The number of hydrogen-bond donors (Lipinski definition) is 0. The van der Waals surface area contributed by atoms with E-state index in [9.17, 15) is 0 Å². The fourth-order valence-electron chi connectivity index (χ4n) is 6.91. The summed E-state index contributed by atoms with van der Waals surface area (Å²) in [6, 6.07) is 0. The van der Waals surface area contributed by atoms with E-state index in [-0.39, 0.29) is 21.1 Å². The predicted octanol–water partition coefficient (Wildman–Crippen LogP) is 17.1. The number of rotatable bonds is 40. The molecule has 0 aliphatic rings. The van der Waals surface area contributed by atoms with Gasteiger partial charge in [0.1, 0.15) is 0 Å². The molecular weight excluding hydrogens is 1030 g/mol. The van der Waals surface area contributed by atoms with E-state index in [1.165, 1.54) is 205 Å². The molecule has 0 spiro atoms. The van der Waals surface area contributed by atoms with Crippen molar-refractivity contribution in [1.82, 2.24) is 19.6 Å². The van der Waals surface area contributed by atoms with Crippen molar-refractivity contribution in [1.29, 1.82) is 0 Å². The fourth-order valence-corrected chi connectivity index (χ4v) is 8.37. The van der Waals surface area contributed by atoms with Gasteiger partial charge in [-0.05, 0) is 51.4 Å². The Labute approximate surface area is 466 Å². The van der Waals surface area contributed by atoms with Crippen molar-refractivity contribution >= 4 is 117 Å². The number of thiocarbonyl (C=S) groups is 4. The van der Waals surface area contributed by atoms with E-state index in [0.717, 1.165) is 52.4 Å². The summed E-state index contributed by atoms with van der Waals surface area (Å²) in [6.07, 6.45) is 41.6. The van der Waals surface area contributed by atoms with Crippen molar-refractivity contribution in [2.45, 2.75) is 261 Å². The number of unbranched alkanes of at least 4 members (excludes halogenated alkanes) is 24. The summed E-state index contributed by atoms with van der Waals surface area (Å²) in [4.78, 5) is 8.75. The molecule has 0 heterocycles. The van der Waals surface area contributed by atoms with Gasteiger partial charge in [0.2, 0.25) is 0 Å². The Hall–Kier alpha value is 1.13. The molecule has 65 heavy (non-hydrogen) atoms. The maximum atomic E-state index is 5.09. The Balaban J connectivity index is -0.000000245. The molecule has 0 fully saturated rings. The molecule has 0 atom stereocenters. The van der Waals surface area contributed by atoms with Crippen molar-refractivity contribution in [3.63, 3.8) is 0 Å². The molecule has 0 rings (SSSR count). The van der Waals surface area contributed by atoms with Crippen LogP contribution in [0.3, 0.4) is 0 Å². The SMILES string of the molecule is CCCCCCCCN(CCCC)C(=S)[S-].CCCCCCCCN(CCCC)C(=S)[S-].CCCCCCCCN(CCCC)C(=S)[S-].CCCCCCCCN(CCCC)C(=S)[S-].[Mo+4]. The molecule has 0 aliphatic heterocycles. The van der Waals surface area contributed by atoms with Gasteiger partial charge in [0.05, 0.1) is 0 Å². The molecule has 0 unspecified atom stereocenters. The minimum Gasteiger partial charge on any atom is -0.411 e. The van der Waals surface area contributed by atoms with Crippen molar-refractivity contribution in [2.75, 3.05) is 52.4 Å². The monoisotopic (exact) mass is 1140 g/mol. The van der Waals surface area contributed by atoms with Crippen LogP contribution in [-0.2, 0) is 71.6 Å². The minimum atomic E-state index is 0. The van der Waals surface area contributed by atoms with E-state index < -0.39 is 0 Å². The van der Waals surface area contributed by atoms with Crippen LogP contribution in [0.1, 0.15) is 261 Å². The van der Waals surface area contributed by atoms with Gasteiger partial charge in [-0.2, -0.15) is 0 Å². The third kappa shape index (κ3) is 61.2. The van der Waals surface area contributed by atoms with Gasteiger partial charge in [-0.1, -0.05) is 227 Å². The molecule has 0 saturated heterocycles. The first-order valence-corrected chi connectivity index (χ1v) is 30.0. The first-order chi connectivity index (χ1) is 30.9. The van der Waals surface area contributed by atoms with Crippen LogP contribution in [0.2, 0.25) is 0 Å². The molecule has 0 aromatic carbocycles. The Kier molecular flexibility index (Phi) is 72.9. The van der Waals surface area contributed by atoms with Crippen LogP contribution >= 0.6 is 48.9 Å². The molecule has 386 valence electrons. The molecular formula is C52H104MoN4S8. The summed E-state index contributed by atoms with van der Waals surface area (Å²) in [5.74, 6) is 0. The Morgan fingerprint density at radius 1 is 0.231 bits per heavy atom. The zero-order valence-corrected chi connectivity index (χ0v) is 52.3. The number of nitrogens with zero attached hydrogens (tertiary/aromatic N) is 4. The molecule has 0 amide bonds. The van der Waals surface area contributed by atoms with Gasteiger partial charge < -0.3 is 119 Å². The summed E-state index contributed by atoms with van der Waals surface area (Å²) in [5, 5.41) is 0.